The van der Waals surface area contributed by atoms with Crippen LogP contribution in [0, 0.1) is 0 Å². The van der Waals surface area contributed by atoms with Crippen molar-refractivity contribution in [1.29, 1.82) is 0 Å². The Bertz CT molecular complexity index is 780. The van der Waals surface area contributed by atoms with E-state index in [1.807, 2.05) is 42.5 Å². The summed E-state index contributed by atoms with van der Waals surface area (Å²) < 4.78 is 15.8. The summed E-state index contributed by atoms with van der Waals surface area (Å²) in [5, 5.41) is 2.86. The van der Waals surface area contributed by atoms with Crippen LogP contribution in [0.4, 0.5) is 0 Å². The second-order valence-corrected chi connectivity index (χ2v) is 6.78. The summed E-state index contributed by atoms with van der Waals surface area (Å²) in [4.78, 5) is 27.1. The van der Waals surface area contributed by atoms with E-state index >= 15 is 0 Å². The molecule has 2 amide bonds. The Balaban J connectivity index is 2.07. The first-order chi connectivity index (χ1) is 14.5. The summed E-state index contributed by atoms with van der Waals surface area (Å²) in [6, 6.07) is 15.9. The maximum Gasteiger partial charge on any atom is 0.261 e. The topological polar surface area (TPSA) is 77.1 Å². The van der Waals surface area contributed by atoms with Gasteiger partial charge in [0.25, 0.3) is 5.91 Å². The molecule has 0 aliphatic carbocycles. The minimum atomic E-state index is -0.651. The highest BCUT2D eigenvalue weighted by atomic mass is 16.5. The molecule has 0 saturated heterocycles. The Morgan fingerprint density at radius 1 is 1.00 bits per heavy atom. The van der Waals surface area contributed by atoms with Gasteiger partial charge < -0.3 is 24.4 Å². The van der Waals surface area contributed by atoms with Crippen LogP contribution < -0.4 is 14.8 Å². The van der Waals surface area contributed by atoms with Crippen molar-refractivity contribution >= 4 is 11.8 Å². The van der Waals surface area contributed by atoms with Gasteiger partial charge in [-0.15, -0.1) is 0 Å². The van der Waals surface area contributed by atoms with E-state index in [0.717, 1.165) is 11.3 Å². The van der Waals surface area contributed by atoms with Gasteiger partial charge in [0.15, 0.2) is 6.61 Å². The molecule has 0 bridgehead atoms. The van der Waals surface area contributed by atoms with Gasteiger partial charge in [0, 0.05) is 26.8 Å². The van der Waals surface area contributed by atoms with Crippen LogP contribution in [-0.4, -0.2) is 56.7 Å². The monoisotopic (exact) mass is 414 g/mol. The number of hydrogen-bond acceptors (Lipinski definition) is 5. The first-order valence-electron chi connectivity index (χ1n) is 9.92. The van der Waals surface area contributed by atoms with Crippen LogP contribution in [0.15, 0.2) is 54.6 Å². The first-order valence-corrected chi connectivity index (χ1v) is 9.92. The quantitative estimate of drug-likeness (QED) is 0.541. The molecule has 0 saturated carbocycles. The number of hydrogen-bond donors (Lipinski definition) is 1. The highest BCUT2D eigenvalue weighted by molar-refractivity contribution is 5.87. The van der Waals surface area contributed by atoms with Crippen molar-refractivity contribution in [3.05, 3.63) is 60.2 Å². The zero-order valence-electron chi connectivity index (χ0n) is 17.8. The maximum atomic E-state index is 12.9. The minimum absolute atomic E-state index is 0.151. The van der Waals surface area contributed by atoms with Crippen molar-refractivity contribution in [2.24, 2.45) is 0 Å². The molecule has 1 unspecified atom stereocenters. The van der Waals surface area contributed by atoms with Gasteiger partial charge in [-0.2, -0.15) is 0 Å². The lowest BCUT2D eigenvalue weighted by atomic mass is 10.1. The number of benzene rings is 2. The van der Waals surface area contributed by atoms with Crippen molar-refractivity contribution in [1.82, 2.24) is 10.2 Å². The maximum absolute atomic E-state index is 12.9. The molecule has 0 aliphatic rings. The van der Waals surface area contributed by atoms with Crippen LogP contribution >= 0.6 is 0 Å². The number of methoxy groups -OCH3 is 2. The first kappa shape index (κ1) is 23.2. The molecule has 0 radical (unpaired) electrons. The molecule has 0 heterocycles. The molecule has 1 atom stereocenters. The molecule has 30 heavy (non-hydrogen) atoms. The Labute approximate surface area is 177 Å². The molecule has 2 aromatic rings. The Hall–Kier alpha value is -3.06. The molecular weight excluding hydrogens is 384 g/mol. The molecule has 2 aromatic carbocycles. The molecule has 7 nitrogen and oxygen atoms in total. The number of amides is 2. The fraction of sp³-hybridized carbons (Fsp3) is 0.391. The summed E-state index contributed by atoms with van der Waals surface area (Å²) in [6.45, 7) is 2.90. The molecule has 0 fully saturated rings. The molecule has 0 aliphatic heterocycles. The molecule has 7 heteroatoms. The molecule has 1 N–H and O–H groups in total. The predicted molar refractivity (Wildman–Crippen MR) is 114 cm³/mol. The highest BCUT2D eigenvalue weighted by Crippen LogP contribution is 2.16. The zero-order chi connectivity index (χ0) is 21.8. The third-order valence-electron chi connectivity index (χ3n) is 4.61. The third-order valence-corrected chi connectivity index (χ3v) is 4.61. The SMILES string of the molecule is COCCCNC(=O)C(C)N(Cc1ccc(OC)cc1)C(=O)COc1ccccc1. The van der Waals surface area contributed by atoms with Crippen LogP contribution in [0.1, 0.15) is 18.9 Å². The van der Waals surface area contributed by atoms with E-state index in [4.69, 9.17) is 14.2 Å². The molecule has 0 aromatic heterocycles. The number of ether oxygens (including phenoxy) is 3. The Morgan fingerprint density at radius 2 is 1.70 bits per heavy atom. The molecule has 162 valence electrons. The average molecular weight is 415 g/mol. The van der Waals surface area contributed by atoms with Gasteiger partial charge in [-0.05, 0) is 43.2 Å². The van der Waals surface area contributed by atoms with Crippen LogP contribution in [-0.2, 0) is 20.9 Å². The Kier molecular flexibility index (Phi) is 9.67. The lowest BCUT2D eigenvalue weighted by molar-refractivity contribution is -0.142. The van der Waals surface area contributed by atoms with Crippen molar-refractivity contribution in [3.63, 3.8) is 0 Å². The van der Waals surface area contributed by atoms with Crippen molar-refractivity contribution in [2.75, 3.05) is 34.0 Å². The number of carbonyl (C=O) groups is 2. The molecule has 0 spiro atoms. The largest absolute Gasteiger partial charge is 0.497 e. The molecule has 2 rings (SSSR count). The van der Waals surface area contributed by atoms with Gasteiger partial charge in [-0.3, -0.25) is 9.59 Å². The number of rotatable bonds is 12. The molecular formula is C23H30N2O5. The standard InChI is InChI=1S/C23H30N2O5/c1-18(23(27)24-14-7-15-28-2)25(16-19-10-12-20(29-3)13-11-19)22(26)17-30-21-8-5-4-6-9-21/h4-6,8-13,18H,7,14-17H2,1-3H3,(H,24,27). The smallest absolute Gasteiger partial charge is 0.261 e. The summed E-state index contributed by atoms with van der Waals surface area (Å²) in [7, 11) is 3.22. The Morgan fingerprint density at radius 3 is 2.33 bits per heavy atom. The average Bonchev–Trinajstić information content (AvgIpc) is 2.79. The van der Waals surface area contributed by atoms with E-state index < -0.39 is 6.04 Å². The lowest BCUT2D eigenvalue weighted by Gasteiger charge is -2.28. The van der Waals surface area contributed by atoms with Gasteiger partial charge >= 0.3 is 0 Å². The van der Waals surface area contributed by atoms with E-state index in [-0.39, 0.29) is 25.0 Å². The summed E-state index contributed by atoms with van der Waals surface area (Å²) in [5.74, 6) is 0.849. The van der Waals surface area contributed by atoms with Crippen molar-refractivity contribution < 1.29 is 23.8 Å². The van der Waals surface area contributed by atoms with Crippen molar-refractivity contribution in [3.8, 4) is 11.5 Å². The van der Waals surface area contributed by atoms with Crippen LogP contribution in [0.2, 0.25) is 0 Å². The van der Waals surface area contributed by atoms with E-state index in [2.05, 4.69) is 5.32 Å². The van der Waals surface area contributed by atoms with Crippen molar-refractivity contribution in [2.45, 2.75) is 25.9 Å². The van der Waals surface area contributed by atoms with E-state index in [1.165, 1.54) is 4.90 Å². The third kappa shape index (κ3) is 7.40. The zero-order valence-corrected chi connectivity index (χ0v) is 17.8. The predicted octanol–water partition coefficient (Wildman–Crippen LogP) is 2.64. The van der Waals surface area contributed by atoms with E-state index in [9.17, 15) is 9.59 Å². The lowest BCUT2D eigenvalue weighted by Crippen LogP contribution is -2.49. The fourth-order valence-electron chi connectivity index (χ4n) is 2.83. The van der Waals surface area contributed by atoms with Gasteiger partial charge in [0.2, 0.25) is 5.91 Å². The van der Waals surface area contributed by atoms with Gasteiger partial charge in [-0.25, -0.2) is 0 Å². The number of para-hydroxylation sites is 1. The van der Waals surface area contributed by atoms with Gasteiger partial charge in [0.05, 0.1) is 7.11 Å². The second kappa shape index (κ2) is 12.5. The summed E-state index contributed by atoms with van der Waals surface area (Å²) in [6.07, 6.45) is 0.707. The normalized spacial score (nSPS) is 11.4. The fourth-order valence-corrected chi connectivity index (χ4v) is 2.83. The van der Waals surface area contributed by atoms with E-state index in [1.54, 1.807) is 33.3 Å². The summed E-state index contributed by atoms with van der Waals surface area (Å²) >= 11 is 0. The highest BCUT2D eigenvalue weighted by Gasteiger charge is 2.26. The number of nitrogens with one attached hydrogen (secondary N) is 1. The second-order valence-electron chi connectivity index (χ2n) is 6.78. The number of carbonyl (C=O) groups excluding carboxylic acids is 2. The van der Waals surface area contributed by atoms with E-state index in [0.29, 0.717) is 25.3 Å². The van der Waals surface area contributed by atoms with Gasteiger partial charge in [-0.1, -0.05) is 30.3 Å². The number of nitrogens with zero attached hydrogens (tertiary/aromatic N) is 1. The van der Waals surface area contributed by atoms with Crippen LogP contribution in [0.25, 0.3) is 0 Å². The van der Waals surface area contributed by atoms with Gasteiger partial charge in [0.1, 0.15) is 17.5 Å². The summed E-state index contributed by atoms with van der Waals surface area (Å²) in [5.41, 5.74) is 0.892. The minimum Gasteiger partial charge on any atom is -0.497 e. The van der Waals surface area contributed by atoms with Crippen LogP contribution in [0.5, 0.6) is 11.5 Å². The van der Waals surface area contributed by atoms with Crippen LogP contribution in [0.3, 0.4) is 0 Å².